The SMILES string of the molecule is CCOC(=O)C1(CC2CCC2)CCN(C(=O)c2ccc(-c3ccc(F)cc3)cc2)CC1. The van der Waals surface area contributed by atoms with E-state index in [4.69, 9.17) is 4.74 Å². The second-order valence-corrected chi connectivity index (χ2v) is 8.88. The number of piperidine rings is 1. The van der Waals surface area contributed by atoms with Gasteiger partial charge in [0, 0.05) is 18.7 Å². The van der Waals surface area contributed by atoms with Gasteiger partial charge in [0.25, 0.3) is 5.91 Å². The van der Waals surface area contributed by atoms with E-state index in [0.717, 1.165) is 17.5 Å². The Bertz CT molecular complexity index is 911. The quantitative estimate of drug-likeness (QED) is 0.579. The van der Waals surface area contributed by atoms with E-state index in [-0.39, 0.29) is 17.7 Å². The molecule has 164 valence electrons. The van der Waals surface area contributed by atoms with Gasteiger partial charge in [-0.25, -0.2) is 4.39 Å². The Morgan fingerprint density at radius 3 is 2.10 bits per heavy atom. The van der Waals surface area contributed by atoms with Crippen molar-refractivity contribution in [2.45, 2.75) is 45.4 Å². The highest BCUT2D eigenvalue weighted by atomic mass is 19.1. The lowest BCUT2D eigenvalue weighted by atomic mass is 9.67. The van der Waals surface area contributed by atoms with Gasteiger partial charge in [-0.05, 0) is 67.5 Å². The first-order valence-electron chi connectivity index (χ1n) is 11.3. The summed E-state index contributed by atoms with van der Waals surface area (Å²) in [5.41, 5.74) is 2.05. The predicted molar refractivity (Wildman–Crippen MR) is 118 cm³/mol. The van der Waals surface area contributed by atoms with Crippen molar-refractivity contribution in [3.63, 3.8) is 0 Å². The van der Waals surface area contributed by atoms with E-state index in [1.165, 1.54) is 31.4 Å². The molecule has 2 fully saturated rings. The van der Waals surface area contributed by atoms with Gasteiger partial charge in [-0.3, -0.25) is 9.59 Å². The van der Waals surface area contributed by atoms with E-state index < -0.39 is 5.41 Å². The number of rotatable bonds is 6. The third kappa shape index (κ3) is 4.65. The minimum atomic E-state index is -0.440. The van der Waals surface area contributed by atoms with Crippen molar-refractivity contribution >= 4 is 11.9 Å². The molecule has 0 atom stereocenters. The Balaban J connectivity index is 1.41. The number of amides is 1. The van der Waals surface area contributed by atoms with E-state index in [1.807, 2.05) is 36.1 Å². The van der Waals surface area contributed by atoms with E-state index in [1.54, 1.807) is 12.1 Å². The molecule has 1 saturated carbocycles. The molecule has 1 heterocycles. The fourth-order valence-electron chi connectivity index (χ4n) is 4.79. The highest BCUT2D eigenvalue weighted by Crippen LogP contribution is 2.44. The van der Waals surface area contributed by atoms with Crippen molar-refractivity contribution in [2.75, 3.05) is 19.7 Å². The van der Waals surface area contributed by atoms with Crippen LogP contribution >= 0.6 is 0 Å². The Hall–Kier alpha value is -2.69. The molecule has 5 heteroatoms. The van der Waals surface area contributed by atoms with Crippen LogP contribution in [0.5, 0.6) is 0 Å². The van der Waals surface area contributed by atoms with Gasteiger partial charge in [-0.1, -0.05) is 43.5 Å². The molecule has 1 amide bonds. The van der Waals surface area contributed by atoms with Gasteiger partial charge >= 0.3 is 5.97 Å². The molecular weight excluding hydrogens is 393 g/mol. The normalized spacial score (nSPS) is 18.3. The average Bonchev–Trinajstić information content (AvgIpc) is 2.77. The molecule has 0 unspecified atom stereocenters. The lowest BCUT2D eigenvalue weighted by Gasteiger charge is -2.43. The van der Waals surface area contributed by atoms with Gasteiger partial charge in [-0.15, -0.1) is 0 Å². The first kappa shape index (κ1) is 21.5. The van der Waals surface area contributed by atoms with Crippen molar-refractivity contribution in [1.82, 2.24) is 4.90 Å². The van der Waals surface area contributed by atoms with E-state index in [9.17, 15) is 14.0 Å². The van der Waals surface area contributed by atoms with Crippen LogP contribution in [0.4, 0.5) is 4.39 Å². The number of carbonyl (C=O) groups excluding carboxylic acids is 2. The monoisotopic (exact) mass is 423 g/mol. The van der Waals surface area contributed by atoms with Gasteiger partial charge in [0.1, 0.15) is 5.82 Å². The maximum Gasteiger partial charge on any atom is 0.312 e. The summed E-state index contributed by atoms with van der Waals surface area (Å²) in [5.74, 6) is 0.256. The largest absolute Gasteiger partial charge is 0.466 e. The molecule has 1 aliphatic carbocycles. The number of hydrogen-bond donors (Lipinski definition) is 0. The zero-order chi connectivity index (χ0) is 21.8. The fraction of sp³-hybridized carbons (Fsp3) is 0.462. The van der Waals surface area contributed by atoms with Crippen molar-refractivity contribution in [3.8, 4) is 11.1 Å². The molecular formula is C26H30FNO3. The maximum absolute atomic E-state index is 13.1. The predicted octanol–water partition coefficient (Wildman–Crippen LogP) is 5.47. The molecule has 0 bridgehead atoms. The maximum atomic E-state index is 13.1. The summed E-state index contributed by atoms with van der Waals surface area (Å²) in [7, 11) is 0. The summed E-state index contributed by atoms with van der Waals surface area (Å²) >= 11 is 0. The average molecular weight is 424 g/mol. The molecule has 2 aliphatic rings. The number of carbonyl (C=O) groups is 2. The second-order valence-electron chi connectivity index (χ2n) is 8.88. The number of ether oxygens (including phenoxy) is 1. The Labute approximate surface area is 183 Å². The molecule has 1 aliphatic heterocycles. The molecule has 4 nitrogen and oxygen atoms in total. The molecule has 2 aromatic carbocycles. The van der Waals surface area contributed by atoms with Crippen LogP contribution in [0.25, 0.3) is 11.1 Å². The summed E-state index contributed by atoms with van der Waals surface area (Å²) in [4.78, 5) is 27.7. The second kappa shape index (κ2) is 9.21. The summed E-state index contributed by atoms with van der Waals surface area (Å²) in [5, 5.41) is 0. The molecule has 2 aromatic rings. The zero-order valence-electron chi connectivity index (χ0n) is 18.1. The summed E-state index contributed by atoms with van der Waals surface area (Å²) < 4.78 is 18.6. The molecule has 0 radical (unpaired) electrons. The minimum absolute atomic E-state index is 0.00763. The van der Waals surface area contributed by atoms with Gasteiger partial charge < -0.3 is 9.64 Å². The topological polar surface area (TPSA) is 46.6 Å². The lowest BCUT2D eigenvalue weighted by molar-refractivity contribution is -0.160. The Morgan fingerprint density at radius 2 is 1.58 bits per heavy atom. The van der Waals surface area contributed by atoms with Crippen molar-refractivity contribution in [3.05, 3.63) is 59.9 Å². The summed E-state index contributed by atoms with van der Waals surface area (Å²) in [6.07, 6.45) is 5.88. The fourth-order valence-corrected chi connectivity index (χ4v) is 4.79. The Morgan fingerprint density at radius 1 is 1.00 bits per heavy atom. The number of nitrogens with zero attached hydrogens (tertiary/aromatic N) is 1. The summed E-state index contributed by atoms with van der Waals surface area (Å²) in [6, 6.07) is 13.8. The van der Waals surface area contributed by atoms with Crippen LogP contribution in [0.3, 0.4) is 0 Å². The molecule has 4 rings (SSSR count). The Kier molecular flexibility index (Phi) is 6.40. The molecule has 0 N–H and O–H groups in total. The first-order chi connectivity index (χ1) is 15.0. The van der Waals surface area contributed by atoms with Crippen LogP contribution in [0.2, 0.25) is 0 Å². The van der Waals surface area contributed by atoms with E-state index in [0.29, 0.717) is 44.0 Å². The molecule has 31 heavy (non-hydrogen) atoms. The summed E-state index contributed by atoms with van der Waals surface area (Å²) in [6.45, 7) is 3.39. The third-order valence-electron chi connectivity index (χ3n) is 6.93. The van der Waals surface area contributed by atoms with Crippen molar-refractivity contribution in [2.24, 2.45) is 11.3 Å². The van der Waals surface area contributed by atoms with Gasteiger partial charge in [0.15, 0.2) is 0 Å². The molecule has 0 spiro atoms. The lowest BCUT2D eigenvalue weighted by Crippen LogP contribution is -2.48. The zero-order valence-corrected chi connectivity index (χ0v) is 18.1. The number of likely N-dealkylation sites (tertiary alicyclic amines) is 1. The van der Waals surface area contributed by atoms with E-state index in [2.05, 4.69) is 0 Å². The smallest absolute Gasteiger partial charge is 0.312 e. The van der Waals surface area contributed by atoms with E-state index >= 15 is 0 Å². The molecule has 0 aromatic heterocycles. The van der Waals surface area contributed by atoms with Crippen LogP contribution in [0.15, 0.2) is 48.5 Å². The van der Waals surface area contributed by atoms with Crippen LogP contribution in [0, 0.1) is 17.2 Å². The number of esters is 1. The van der Waals surface area contributed by atoms with Gasteiger partial charge in [-0.2, -0.15) is 0 Å². The number of benzene rings is 2. The minimum Gasteiger partial charge on any atom is -0.466 e. The molecule has 1 saturated heterocycles. The number of halogens is 1. The standard InChI is InChI=1S/C26H30FNO3/c1-2-31-25(30)26(18-19-4-3-5-19)14-16-28(17-15-26)24(29)22-8-6-20(7-9-22)21-10-12-23(27)13-11-21/h6-13,19H,2-5,14-18H2,1H3. The van der Waals surface area contributed by atoms with Gasteiger partial charge in [0.05, 0.1) is 12.0 Å². The van der Waals surface area contributed by atoms with Crippen LogP contribution < -0.4 is 0 Å². The number of hydrogen-bond acceptors (Lipinski definition) is 3. The van der Waals surface area contributed by atoms with Crippen molar-refractivity contribution in [1.29, 1.82) is 0 Å². The third-order valence-corrected chi connectivity index (χ3v) is 6.93. The highest BCUT2D eigenvalue weighted by molar-refractivity contribution is 5.95. The van der Waals surface area contributed by atoms with Gasteiger partial charge in [0.2, 0.25) is 0 Å². The first-order valence-corrected chi connectivity index (χ1v) is 11.3. The van der Waals surface area contributed by atoms with Crippen molar-refractivity contribution < 1.29 is 18.7 Å². The highest BCUT2D eigenvalue weighted by Gasteiger charge is 2.45. The van der Waals surface area contributed by atoms with Crippen LogP contribution in [-0.2, 0) is 9.53 Å². The van der Waals surface area contributed by atoms with Crippen LogP contribution in [0.1, 0.15) is 55.8 Å². The van der Waals surface area contributed by atoms with Crippen LogP contribution in [-0.4, -0.2) is 36.5 Å².